The van der Waals surface area contributed by atoms with Gasteiger partial charge in [-0.3, -0.25) is 4.98 Å². The molecule has 3 aromatic rings. The van der Waals surface area contributed by atoms with Crippen molar-refractivity contribution in [3.05, 3.63) is 47.5 Å². The Balaban J connectivity index is 1.89. The van der Waals surface area contributed by atoms with Gasteiger partial charge in [0.1, 0.15) is 11.5 Å². The molecule has 5 nitrogen and oxygen atoms in total. The van der Waals surface area contributed by atoms with E-state index in [1.807, 2.05) is 31.1 Å². The van der Waals surface area contributed by atoms with Crippen LogP contribution in [0.3, 0.4) is 0 Å². The number of H-pyrrole nitrogens is 1. The van der Waals surface area contributed by atoms with Crippen LogP contribution in [0.5, 0.6) is 5.75 Å². The second-order valence-electron chi connectivity index (χ2n) is 6.15. The number of halogens is 3. The zero-order chi connectivity index (χ0) is 19.8. The van der Waals surface area contributed by atoms with E-state index in [-0.39, 0.29) is 16.4 Å². The van der Waals surface area contributed by atoms with E-state index in [4.69, 9.17) is 4.74 Å². The molecule has 144 valence electrons. The van der Waals surface area contributed by atoms with Gasteiger partial charge in [0.15, 0.2) is 0 Å². The SMILES string of the molecule is COc1ccc(C[S+]([O-])c2nc3cc(C(F)(F)F)ccc3[nH]2)c(N(C)C)c1. The number of aromatic amines is 1. The highest BCUT2D eigenvalue weighted by atomic mass is 32.2. The van der Waals surface area contributed by atoms with Gasteiger partial charge >= 0.3 is 11.3 Å². The van der Waals surface area contributed by atoms with E-state index in [1.165, 1.54) is 6.07 Å². The van der Waals surface area contributed by atoms with Crippen molar-refractivity contribution in [1.82, 2.24) is 9.97 Å². The van der Waals surface area contributed by atoms with Crippen LogP contribution in [0.2, 0.25) is 0 Å². The van der Waals surface area contributed by atoms with Gasteiger partial charge in [0.05, 0.1) is 23.7 Å². The van der Waals surface area contributed by atoms with Gasteiger partial charge in [0.25, 0.3) is 0 Å². The Hall–Kier alpha value is -2.39. The zero-order valence-corrected chi connectivity index (χ0v) is 15.7. The number of alkyl halides is 3. The Morgan fingerprint density at radius 2 is 1.93 bits per heavy atom. The summed E-state index contributed by atoms with van der Waals surface area (Å²) < 4.78 is 56.5. The maximum absolute atomic E-state index is 12.8. The second-order valence-corrected chi connectivity index (χ2v) is 7.52. The lowest BCUT2D eigenvalue weighted by molar-refractivity contribution is -0.137. The normalized spacial score (nSPS) is 13.0. The lowest BCUT2D eigenvalue weighted by atomic mass is 10.2. The fourth-order valence-electron chi connectivity index (χ4n) is 2.69. The largest absolute Gasteiger partial charge is 0.609 e. The zero-order valence-electron chi connectivity index (χ0n) is 14.9. The number of imidazole rings is 1. The summed E-state index contributed by atoms with van der Waals surface area (Å²) in [7, 11) is 5.29. The summed E-state index contributed by atoms with van der Waals surface area (Å²) in [5.41, 5.74) is 1.42. The molecule has 0 bridgehead atoms. The number of nitrogens with zero attached hydrogens (tertiary/aromatic N) is 2. The molecule has 0 saturated carbocycles. The monoisotopic (exact) mass is 397 g/mol. The molecule has 0 saturated heterocycles. The molecular formula is C18H18F3N3O2S. The maximum atomic E-state index is 12.8. The van der Waals surface area contributed by atoms with Crippen LogP contribution in [-0.2, 0) is 23.1 Å². The highest BCUT2D eigenvalue weighted by Gasteiger charge is 2.31. The molecule has 0 spiro atoms. The topological polar surface area (TPSA) is 64.2 Å². The Morgan fingerprint density at radius 1 is 1.19 bits per heavy atom. The third kappa shape index (κ3) is 4.14. The number of fused-ring (bicyclic) bond motifs is 1. The van der Waals surface area contributed by atoms with E-state index in [1.54, 1.807) is 13.2 Å². The Kier molecular flexibility index (Phi) is 5.25. The first-order valence-electron chi connectivity index (χ1n) is 7.98. The van der Waals surface area contributed by atoms with Crippen molar-refractivity contribution in [3.8, 4) is 5.75 Å². The lowest BCUT2D eigenvalue weighted by Crippen LogP contribution is -2.14. The molecule has 9 heteroatoms. The molecule has 0 fully saturated rings. The number of anilines is 1. The number of hydrogen-bond acceptors (Lipinski definition) is 4. The molecule has 1 heterocycles. The average Bonchev–Trinajstić information content (AvgIpc) is 3.04. The van der Waals surface area contributed by atoms with Crippen LogP contribution in [0.25, 0.3) is 11.0 Å². The molecule has 1 aromatic heterocycles. The first-order chi connectivity index (χ1) is 12.7. The van der Waals surface area contributed by atoms with Crippen LogP contribution in [0.1, 0.15) is 11.1 Å². The third-order valence-corrected chi connectivity index (χ3v) is 5.26. The fourth-order valence-corrected chi connectivity index (χ4v) is 3.77. The Bertz CT molecular complexity index is 957. The highest BCUT2D eigenvalue weighted by molar-refractivity contribution is 7.90. The summed E-state index contributed by atoms with van der Waals surface area (Å²) in [6, 6.07) is 8.64. The molecule has 1 N–H and O–H groups in total. The predicted octanol–water partition coefficient (Wildman–Crippen LogP) is 3.96. The van der Waals surface area contributed by atoms with Gasteiger partial charge in [-0.1, -0.05) is 0 Å². The summed E-state index contributed by atoms with van der Waals surface area (Å²) in [5.74, 6) is 0.848. The number of methoxy groups -OCH3 is 1. The maximum Gasteiger partial charge on any atom is 0.416 e. The van der Waals surface area contributed by atoms with Gasteiger partial charge in [-0.25, -0.2) is 0 Å². The Morgan fingerprint density at radius 3 is 2.56 bits per heavy atom. The van der Waals surface area contributed by atoms with Gasteiger partial charge < -0.3 is 14.2 Å². The number of rotatable bonds is 5. The van der Waals surface area contributed by atoms with Crippen molar-refractivity contribution < 1.29 is 22.5 Å². The minimum Gasteiger partial charge on any atom is -0.609 e. The quantitative estimate of drug-likeness (QED) is 0.662. The van der Waals surface area contributed by atoms with E-state index >= 15 is 0 Å². The van der Waals surface area contributed by atoms with Crippen molar-refractivity contribution in [2.45, 2.75) is 17.1 Å². The highest BCUT2D eigenvalue weighted by Crippen LogP contribution is 2.32. The standard InChI is InChI=1S/C18H18F3N3O2S/c1-24(2)16-9-13(26-3)6-4-11(16)10-27(25)17-22-14-7-5-12(18(19,20)21)8-15(14)23-17/h4-9H,10H2,1-3H3,(H,22,23). The van der Waals surface area contributed by atoms with Crippen LogP contribution < -0.4 is 9.64 Å². The summed E-state index contributed by atoms with van der Waals surface area (Å²) in [5, 5.41) is 0.143. The summed E-state index contributed by atoms with van der Waals surface area (Å²) >= 11 is -1.55. The molecule has 2 aromatic carbocycles. The van der Waals surface area contributed by atoms with Crippen molar-refractivity contribution in [2.24, 2.45) is 0 Å². The van der Waals surface area contributed by atoms with Gasteiger partial charge in [-0.05, 0) is 30.3 Å². The Labute approximate surface area is 157 Å². The number of hydrogen-bond donors (Lipinski definition) is 1. The van der Waals surface area contributed by atoms with Crippen LogP contribution in [-0.4, -0.2) is 35.7 Å². The number of aromatic nitrogens is 2. The molecular weight excluding hydrogens is 379 g/mol. The summed E-state index contributed by atoms with van der Waals surface area (Å²) in [6.45, 7) is 0. The lowest BCUT2D eigenvalue weighted by Gasteiger charge is -2.18. The molecule has 0 amide bonds. The van der Waals surface area contributed by atoms with E-state index < -0.39 is 22.9 Å². The second kappa shape index (κ2) is 7.32. The molecule has 3 rings (SSSR count). The van der Waals surface area contributed by atoms with Gasteiger partial charge in [0, 0.05) is 42.6 Å². The third-order valence-electron chi connectivity index (χ3n) is 4.07. The number of benzene rings is 2. The first-order valence-corrected chi connectivity index (χ1v) is 9.30. The van der Waals surface area contributed by atoms with E-state index in [0.717, 1.165) is 23.4 Å². The van der Waals surface area contributed by atoms with Gasteiger partial charge in [-0.2, -0.15) is 18.2 Å². The average molecular weight is 397 g/mol. The van der Waals surface area contributed by atoms with E-state index in [9.17, 15) is 17.7 Å². The van der Waals surface area contributed by atoms with Crippen LogP contribution in [0, 0.1) is 0 Å². The van der Waals surface area contributed by atoms with Crippen molar-refractivity contribution >= 4 is 27.9 Å². The molecule has 0 aliphatic heterocycles. The summed E-state index contributed by atoms with van der Waals surface area (Å²) in [6.07, 6.45) is -4.45. The number of nitrogens with one attached hydrogen (secondary N) is 1. The molecule has 1 atom stereocenters. The van der Waals surface area contributed by atoms with Gasteiger partial charge in [0.2, 0.25) is 0 Å². The van der Waals surface area contributed by atoms with Crippen LogP contribution in [0.4, 0.5) is 18.9 Å². The fraction of sp³-hybridized carbons (Fsp3) is 0.278. The van der Waals surface area contributed by atoms with Crippen molar-refractivity contribution in [3.63, 3.8) is 0 Å². The van der Waals surface area contributed by atoms with Crippen LogP contribution in [0.15, 0.2) is 41.6 Å². The molecule has 0 radical (unpaired) electrons. The predicted molar refractivity (Wildman–Crippen MR) is 98.5 cm³/mol. The van der Waals surface area contributed by atoms with Crippen molar-refractivity contribution in [1.29, 1.82) is 0 Å². The molecule has 0 aliphatic rings. The number of ether oxygens (including phenoxy) is 1. The minimum atomic E-state index is -4.45. The van der Waals surface area contributed by atoms with E-state index in [0.29, 0.717) is 11.3 Å². The van der Waals surface area contributed by atoms with Crippen LogP contribution >= 0.6 is 0 Å². The molecule has 0 aliphatic carbocycles. The van der Waals surface area contributed by atoms with Gasteiger partial charge in [-0.15, -0.1) is 0 Å². The first kappa shape index (κ1) is 19.4. The van der Waals surface area contributed by atoms with E-state index in [2.05, 4.69) is 9.97 Å². The summed E-state index contributed by atoms with van der Waals surface area (Å²) in [4.78, 5) is 8.82. The smallest absolute Gasteiger partial charge is 0.416 e. The van der Waals surface area contributed by atoms with Crippen molar-refractivity contribution in [2.75, 3.05) is 26.1 Å². The molecule has 27 heavy (non-hydrogen) atoms. The molecule has 1 unspecified atom stereocenters. The minimum absolute atomic E-state index is 0.135.